The summed E-state index contributed by atoms with van der Waals surface area (Å²) in [5.41, 5.74) is 3.06. The summed E-state index contributed by atoms with van der Waals surface area (Å²) in [5, 5.41) is 10.8. The van der Waals surface area contributed by atoms with Gasteiger partial charge in [-0.05, 0) is 31.5 Å². The van der Waals surface area contributed by atoms with Gasteiger partial charge in [-0.15, -0.1) is 0 Å². The lowest BCUT2D eigenvalue weighted by Gasteiger charge is -2.24. The van der Waals surface area contributed by atoms with E-state index in [1.54, 1.807) is 19.3 Å². The molecule has 1 fully saturated rings. The monoisotopic (exact) mass is 424 g/mol. The predicted molar refractivity (Wildman–Crippen MR) is 116 cm³/mol. The van der Waals surface area contributed by atoms with Gasteiger partial charge in [0.05, 0.1) is 0 Å². The zero-order chi connectivity index (χ0) is 20.7. The van der Waals surface area contributed by atoms with Crippen LogP contribution in [0.15, 0.2) is 30.7 Å². The lowest BCUT2D eigenvalue weighted by Crippen LogP contribution is -2.38. The summed E-state index contributed by atoms with van der Waals surface area (Å²) in [6, 6.07) is 3.82. The maximum atomic E-state index is 11.9. The number of hydrogen-bond acceptors (Lipinski definition) is 6. The Morgan fingerprint density at radius 2 is 2.23 bits per heavy atom. The lowest BCUT2D eigenvalue weighted by atomic mass is 10.1. The molecule has 1 saturated heterocycles. The fourth-order valence-corrected chi connectivity index (χ4v) is 4.13. The van der Waals surface area contributed by atoms with E-state index in [2.05, 4.69) is 30.9 Å². The van der Waals surface area contributed by atoms with Crippen molar-refractivity contribution in [2.45, 2.75) is 18.9 Å². The van der Waals surface area contributed by atoms with Gasteiger partial charge < -0.3 is 20.9 Å². The number of anilines is 1. The van der Waals surface area contributed by atoms with Gasteiger partial charge in [0, 0.05) is 49.2 Å². The summed E-state index contributed by atoms with van der Waals surface area (Å²) in [4.78, 5) is 28.7. The topological polar surface area (TPSA) is 112 Å². The SMILES string of the molecule is CNC(=O)c1ccc2c(-c3nc(N[C@H]4CCCNC4)c4nccn4c3Cl)c[nH]c2n1. The third-order valence-electron chi connectivity index (χ3n) is 5.37. The van der Waals surface area contributed by atoms with Crippen molar-refractivity contribution < 1.29 is 4.79 Å². The van der Waals surface area contributed by atoms with Gasteiger partial charge in [-0.3, -0.25) is 9.20 Å². The number of carbonyl (C=O) groups is 1. The Kier molecular flexibility index (Phi) is 4.76. The number of halogens is 1. The summed E-state index contributed by atoms with van der Waals surface area (Å²) in [6.07, 6.45) is 7.53. The first-order valence-electron chi connectivity index (χ1n) is 9.86. The Morgan fingerprint density at radius 1 is 1.33 bits per heavy atom. The van der Waals surface area contributed by atoms with Crippen LogP contribution in [0, 0.1) is 0 Å². The highest BCUT2D eigenvalue weighted by Gasteiger charge is 2.21. The number of imidazole rings is 1. The van der Waals surface area contributed by atoms with Crippen LogP contribution in [0.2, 0.25) is 5.15 Å². The van der Waals surface area contributed by atoms with Crippen LogP contribution in [0.25, 0.3) is 27.9 Å². The molecular formula is C20H21ClN8O. The minimum absolute atomic E-state index is 0.239. The molecule has 5 heterocycles. The fraction of sp³-hybridized carbons (Fsp3) is 0.300. The van der Waals surface area contributed by atoms with E-state index in [4.69, 9.17) is 16.6 Å². The highest BCUT2D eigenvalue weighted by molar-refractivity contribution is 6.32. The third kappa shape index (κ3) is 3.16. The van der Waals surface area contributed by atoms with E-state index in [0.29, 0.717) is 33.7 Å². The van der Waals surface area contributed by atoms with Gasteiger partial charge in [-0.1, -0.05) is 11.6 Å². The minimum atomic E-state index is -0.239. The second-order valence-electron chi connectivity index (χ2n) is 7.28. The molecule has 1 amide bonds. The van der Waals surface area contributed by atoms with Crippen LogP contribution in [0.4, 0.5) is 5.82 Å². The van der Waals surface area contributed by atoms with E-state index < -0.39 is 0 Å². The number of nitrogens with one attached hydrogen (secondary N) is 4. The molecule has 4 aromatic rings. The summed E-state index contributed by atoms with van der Waals surface area (Å²) in [7, 11) is 1.58. The molecule has 30 heavy (non-hydrogen) atoms. The fourth-order valence-electron chi connectivity index (χ4n) is 3.85. The Bertz CT molecular complexity index is 1240. The third-order valence-corrected chi connectivity index (χ3v) is 5.74. The largest absolute Gasteiger partial charge is 0.363 e. The molecule has 4 aromatic heterocycles. The quantitative estimate of drug-likeness (QED) is 0.400. The zero-order valence-electron chi connectivity index (χ0n) is 16.4. The second-order valence-corrected chi connectivity index (χ2v) is 7.64. The second kappa shape index (κ2) is 7.58. The minimum Gasteiger partial charge on any atom is -0.363 e. The Labute approximate surface area is 177 Å². The van der Waals surface area contributed by atoms with Crippen molar-refractivity contribution in [3.8, 4) is 11.3 Å². The van der Waals surface area contributed by atoms with E-state index >= 15 is 0 Å². The molecule has 154 valence electrons. The van der Waals surface area contributed by atoms with Crippen molar-refractivity contribution in [1.29, 1.82) is 0 Å². The van der Waals surface area contributed by atoms with Gasteiger partial charge in [0.2, 0.25) is 0 Å². The average molecular weight is 425 g/mol. The molecule has 1 aliphatic heterocycles. The smallest absolute Gasteiger partial charge is 0.269 e. The number of hydrogen-bond donors (Lipinski definition) is 4. The van der Waals surface area contributed by atoms with Gasteiger partial charge in [-0.2, -0.15) is 0 Å². The maximum Gasteiger partial charge on any atom is 0.269 e. The van der Waals surface area contributed by atoms with Crippen molar-refractivity contribution in [2.24, 2.45) is 0 Å². The van der Waals surface area contributed by atoms with Gasteiger partial charge in [-0.25, -0.2) is 15.0 Å². The summed E-state index contributed by atoms with van der Waals surface area (Å²) in [5.74, 6) is 0.453. The number of pyridine rings is 1. The standard InChI is InChI=1S/C20H21ClN8O/c1-22-20(30)14-5-4-12-13(10-25-17(12)27-14)15-16(21)29-8-7-24-19(29)18(28-15)26-11-3-2-6-23-9-11/h4-5,7-8,10-11,23H,2-3,6,9H2,1H3,(H,22,30)(H,25,27)(H,26,28)/t11-/m0/s1. The Morgan fingerprint density at radius 3 is 3.03 bits per heavy atom. The summed E-state index contributed by atoms with van der Waals surface area (Å²) < 4.78 is 1.83. The van der Waals surface area contributed by atoms with Crippen LogP contribution in [0.3, 0.4) is 0 Å². The van der Waals surface area contributed by atoms with Crippen molar-refractivity contribution in [1.82, 2.24) is 35.0 Å². The van der Waals surface area contributed by atoms with Crippen molar-refractivity contribution in [3.05, 3.63) is 41.6 Å². The van der Waals surface area contributed by atoms with E-state index in [1.165, 1.54) is 0 Å². The van der Waals surface area contributed by atoms with Crippen LogP contribution < -0.4 is 16.0 Å². The van der Waals surface area contributed by atoms with Gasteiger partial charge in [0.15, 0.2) is 11.5 Å². The van der Waals surface area contributed by atoms with Crippen LogP contribution in [0.5, 0.6) is 0 Å². The highest BCUT2D eigenvalue weighted by atomic mass is 35.5. The first kappa shape index (κ1) is 18.8. The zero-order valence-corrected chi connectivity index (χ0v) is 17.1. The molecule has 0 spiro atoms. The van der Waals surface area contributed by atoms with Crippen LogP contribution in [-0.2, 0) is 0 Å². The molecule has 0 saturated carbocycles. The van der Waals surface area contributed by atoms with Crippen molar-refractivity contribution >= 4 is 40.0 Å². The van der Waals surface area contributed by atoms with Gasteiger partial charge in [0.1, 0.15) is 22.2 Å². The van der Waals surface area contributed by atoms with E-state index in [0.717, 1.165) is 36.9 Å². The predicted octanol–water partition coefficient (Wildman–Crippen LogP) is 2.45. The molecule has 0 bridgehead atoms. The molecule has 0 radical (unpaired) electrons. The molecule has 5 rings (SSSR count). The molecule has 0 aliphatic carbocycles. The van der Waals surface area contributed by atoms with E-state index in [9.17, 15) is 4.79 Å². The number of fused-ring (bicyclic) bond motifs is 2. The molecule has 0 unspecified atom stereocenters. The van der Waals surface area contributed by atoms with Gasteiger partial charge in [0.25, 0.3) is 5.91 Å². The molecular weight excluding hydrogens is 404 g/mol. The summed E-state index contributed by atoms with van der Waals surface area (Å²) in [6.45, 7) is 1.92. The number of nitrogens with zero attached hydrogens (tertiary/aromatic N) is 4. The number of H-pyrrole nitrogens is 1. The van der Waals surface area contributed by atoms with Crippen LogP contribution >= 0.6 is 11.6 Å². The van der Waals surface area contributed by atoms with Gasteiger partial charge >= 0.3 is 0 Å². The molecule has 10 heteroatoms. The molecule has 0 aromatic carbocycles. The number of amides is 1. The van der Waals surface area contributed by atoms with E-state index in [-0.39, 0.29) is 11.9 Å². The first-order valence-corrected chi connectivity index (χ1v) is 10.2. The summed E-state index contributed by atoms with van der Waals surface area (Å²) >= 11 is 6.72. The normalized spacial score (nSPS) is 16.8. The molecule has 4 N–H and O–H groups in total. The van der Waals surface area contributed by atoms with Crippen molar-refractivity contribution in [2.75, 3.05) is 25.5 Å². The Balaban J connectivity index is 1.61. The Hall–Kier alpha value is -3.17. The first-order chi connectivity index (χ1) is 14.7. The molecule has 1 atom stereocenters. The maximum absolute atomic E-state index is 11.9. The molecule has 1 aliphatic rings. The number of aromatic nitrogens is 5. The van der Waals surface area contributed by atoms with E-state index in [1.807, 2.05) is 22.9 Å². The van der Waals surface area contributed by atoms with Crippen molar-refractivity contribution in [3.63, 3.8) is 0 Å². The van der Waals surface area contributed by atoms with Crippen LogP contribution in [-0.4, -0.2) is 56.4 Å². The number of rotatable bonds is 4. The number of aromatic amines is 1. The highest BCUT2D eigenvalue weighted by Crippen LogP contribution is 2.34. The van der Waals surface area contributed by atoms with Crippen LogP contribution in [0.1, 0.15) is 23.3 Å². The number of carbonyl (C=O) groups excluding carboxylic acids is 1. The lowest BCUT2D eigenvalue weighted by molar-refractivity contribution is 0.0958. The molecule has 9 nitrogen and oxygen atoms in total. The number of piperidine rings is 1. The average Bonchev–Trinajstić information content (AvgIpc) is 3.43.